The number of ether oxygens (including phenoxy) is 1. The second-order valence-electron chi connectivity index (χ2n) is 8.64. The number of amides is 3. The summed E-state index contributed by atoms with van der Waals surface area (Å²) in [5, 5.41) is 6.85. The molecule has 3 aliphatic rings. The van der Waals surface area contributed by atoms with Gasteiger partial charge in [0.2, 0.25) is 5.91 Å². The molecule has 2 aromatic rings. The average Bonchev–Trinajstić information content (AvgIpc) is 3.41. The molecule has 2 N–H and O–H groups in total. The fraction of sp³-hybridized carbons (Fsp3) is 0.333. The first-order valence-electron chi connectivity index (χ1n) is 11.1. The van der Waals surface area contributed by atoms with E-state index in [1.54, 1.807) is 12.1 Å². The Balaban J connectivity index is 1.30. The van der Waals surface area contributed by atoms with Gasteiger partial charge in [-0.3, -0.25) is 14.4 Å². The summed E-state index contributed by atoms with van der Waals surface area (Å²) in [5.74, 6) is 0.0173. The minimum absolute atomic E-state index is 0.0794. The molecule has 10 heteroatoms. The lowest BCUT2D eigenvalue weighted by Crippen LogP contribution is -2.47. The highest BCUT2D eigenvalue weighted by Gasteiger charge is 2.31. The smallest absolute Gasteiger partial charge is 0.276 e. The number of nitrogens with zero attached hydrogens (tertiary/aromatic N) is 3. The summed E-state index contributed by atoms with van der Waals surface area (Å²) in [7, 11) is 2.03. The molecule has 2 aromatic carbocycles. The van der Waals surface area contributed by atoms with E-state index in [9.17, 15) is 14.4 Å². The van der Waals surface area contributed by atoms with E-state index in [2.05, 4.69) is 36.7 Å². The van der Waals surface area contributed by atoms with E-state index in [4.69, 9.17) is 4.74 Å². The summed E-state index contributed by atoms with van der Waals surface area (Å²) < 4.78 is 6.06. The number of fused-ring (bicyclic) bond motifs is 2. The molecule has 176 valence electrons. The van der Waals surface area contributed by atoms with Crippen molar-refractivity contribution in [2.75, 3.05) is 45.2 Å². The van der Waals surface area contributed by atoms with Crippen LogP contribution in [0.3, 0.4) is 0 Å². The maximum Gasteiger partial charge on any atom is 0.276 e. The Morgan fingerprint density at radius 3 is 2.76 bits per heavy atom. The topological polar surface area (TPSA) is 103 Å². The second kappa shape index (κ2) is 9.19. The zero-order valence-corrected chi connectivity index (χ0v) is 20.3. The molecule has 5 rings (SSSR count). The minimum Gasteiger partial charge on any atom is -0.493 e. The molecule has 34 heavy (non-hydrogen) atoms. The predicted octanol–water partition coefficient (Wildman–Crippen LogP) is 1.79. The average molecular weight is 526 g/mol. The first-order chi connectivity index (χ1) is 16.4. The van der Waals surface area contributed by atoms with E-state index in [0.717, 1.165) is 36.4 Å². The van der Waals surface area contributed by atoms with Crippen LogP contribution in [0, 0.1) is 0 Å². The van der Waals surface area contributed by atoms with Crippen molar-refractivity contribution in [3.63, 3.8) is 0 Å². The third-order valence-electron chi connectivity index (χ3n) is 6.24. The van der Waals surface area contributed by atoms with E-state index in [-0.39, 0.29) is 23.9 Å². The molecule has 3 heterocycles. The Bertz CT molecular complexity index is 1220. The Kier molecular flexibility index (Phi) is 6.09. The molecule has 0 spiro atoms. The lowest BCUT2D eigenvalue weighted by molar-refractivity contribution is -0.120. The van der Waals surface area contributed by atoms with Crippen LogP contribution in [0.15, 0.2) is 39.9 Å². The Morgan fingerprint density at radius 1 is 1.18 bits per heavy atom. The molecule has 0 atom stereocenters. The summed E-state index contributed by atoms with van der Waals surface area (Å²) in [6.07, 6.45) is 0.968. The van der Waals surface area contributed by atoms with Crippen LogP contribution in [0.2, 0.25) is 0 Å². The van der Waals surface area contributed by atoms with E-state index in [0.29, 0.717) is 41.0 Å². The predicted molar refractivity (Wildman–Crippen MR) is 130 cm³/mol. The van der Waals surface area contributed by atoms with Gasteiger partial charge in [0.25, 0.3) is 11.8 Å². The van der Waals surface area contributed by atoms with Gasteiger partial charge in [0, 0.05) is 48.2 Å². The standard InChI is InChI=1S/C24H24BrN5O4/c1-29-5-7-30(8-6-29)24(33)16-12-17(25)21-18(13-16)26-23(32)22(21)28-27-20(31)11-14-2-3-19-15(10-14)4-9-34-19/h2-3,10,12-13H,4-9,11H2,1H3,(H,27,31)(H,26,28,32). The fourth-order valence-electron chi connectivity index (χ4n) is 4.36. The van der Waals surface area contributed by atoms with Crippen LogP contribution in [0.25, 0.3) is 0 Å². The molecule has 0 bridgehead atoms. The molecular formula is C24H24BrN5O4. The van der Waals surface area contributed by atoms with Crippen molar-refractivity contribution in [2.24, 2.45) is 5.10 Å². The van der Waals surface area contributed by atoms with Crippen molar-refractivity contribution in [3.05, 3.63) is 57.1 Å². The van der Waals surface area contributed by atoms with Gasteiger partial charge in [-0.2, -0.15) is 5.10 Å². The molecule has 3 aliphatic heterocycles. The third-order valence-corrected chi connectivity index (χ3v) is 6.86. The van der Waals surface area contributed by atoms with Gasteiger partial charge in [0.1, 0.15) is 5.75 Å². The number of rotatable bonds is 4. The van der Waals surface area contributed by atoms with Crippen LogP contribution >= 0.6 is 15.9 Å². The third kappa shape index (κ3) is 4.43. The molecule has 0 radical (unpaired) electrons. The summed E-state index contributed by atoms with van der Waals surface area (Å²) >= 11 is 3.48. The number of hydrogen-bond donors (Lipinski definition) is 2. The number of nitrogens with one attached hydrogen (secondary N) is 2. The zero-order valence-electron chi connectivity index (χ0n) is 18.7. The van der Waals surface area contributed by atoms with Crippen LogP contribution in [-0.4, -0.2) is 73.1 Å². The van der Waals surface area contributed by atoms with Gasteiger partial charge in [0.05, 0.1) is 18.7 Å². The van der Waals surface area contributed by atoms with E-state index >= 15 is 0 Å². The maximum absolute atomic E-state index is 13.0. The molecule has 0 saturated carbocycles. The van der Waals surface area contributed by atoms with E-state index in [1.165, 1.54) is 0 Å². The molecular weight excluding hydrogens is 502 g/mol. The van der Waals surface area contributed by atoms with E-state index < -0.39 is 5.91 Å². The molecule has 0 aliphatic carbocycles. The molecule has 1 saturated heterocycles. The molecule has 3 amide bonds. The summed E-state index contributed by atoms with van der Waals surface area (Å²) in [4.78, 5) is 42.0. The fourth-order valence-corrected chi connectivity index (χ4v) is 5.00. The molecule has 1 fully saturated rings. The normalized spacial score (nSPS) is 18.4. The maximum atomic E-state index is 13.0. The number of carbonyl (C=O) groups excluding carboxylic acids is 3. The molecule has 9 nitrogen and oxygen atoms in total. The van der Waals surface area contributed by atoms with Crippen LogP contribution in [0.5, 0.6) is 5.75 Å². The van der Waals surface area contributed by atoms with Crippen LogP contribution < -0.4 is 15.5 Å². The lowest BCUT2D eigenvalue weighted by atomic mass is 10.1. The van der Waals surface area contributed by atoms with Crippen molar-refractivity contribution in [3.8, 4) is 5.75 Å². The number of anilines is 1. The SMILES string of the molecule is CN1CCN(C(=O)c2cc(Br)c3c(c2)NC(=O)/C3=N\NC(=O)Cc2ccc3c(c2)CCO3)CC1. The number of hydrogen-bond acceptors (Lipinski definition) is 6. The number of likely N-dealkylation sites (N-methyl/N-ethyl adjacent to an activating group) is 1. The first-order valence-corrected chi connectivity index (χ1v) is 11.9. The Labute approximate surface area is 205 Å². The van der Waals surface area contributed by atoms with Gasteiger partial charge < -0.3 is 19.9 Å². The monoisotopic (exact) mass is 525 g/mol. The van der Waals surface area contributed by atoms with Crippen molar-refractivity contribution in [1.82, 2.24) is 15.2 Å². The number of piperazine rings is 1. The highest BCUT2D eigenvalue weighted by molar-refractivity contribution is 9.10. The second-order valence-corrected chi connectivity index (χ2v) is 9.50. The quantitative estimate of drug-likeness (QED) is 0.592. The number of carbonyl (C=O) groups is 3. The number of halogens is 1. The zero-order chi connectivity index (χ0) is 23.8. The summed E-state index contributed by atoms with van der Waals surface area (Å²) in [5.41, 5.74) is 6.02. The van der Waals surface area contributed by atoms with Crippen LogP contribution in [0.1, 0.15) is 27.0 Å². The summed E-state index contributed by atoms with van der Waals surface area (Å²) in [6.45, 7) is 3.62. The highest BCUT2D eigenvalue weighted by Crippen LogP contribution is 2.33. The van der Waals surface area contributed by atoms with Gasteiger partial charge in [-0.1, -0.05) is 12.1 Å². The van der Waals surface area contributed by atoms with E-state index in [1.807, 2.05) is 30.1 Å². The summed E-state index contributed by atoms with van der Waals surface area (Å²) in [6, 6.07) is 9.04. The van der Waals surface area contributed by atoms with Crippen LogP contribution in [0.4, 0.5) is 5.69 Å². The van der Waals surface area contributed by atoms with Gasteiger partial charge in [-0.15, -0.1) is 0 Å². The Hall–Kier alpha value is -3.24. The highest BCUT2D eigenvalue weighted by atomic mass is 79.9. The van der Waals surface area contributed by atoms with Gasteiger partial charge in [0.15, 0.2) is 5.71 Å². The van der Waals surface area contributed by atoms with Crippen molar-refractivity contribution in [1.29, 1.82) is 0 Å². The van der Waals surface area contributed by atoms with Crippen molar-refractivity contribution in [2.45, 2.75) is 12.8 Å². The van der Waals surface area contributed by atoms with Crippen molar-refractivity contribution >= 4 is 45.1 Å². The number of benzene rings is 2. The molecule has 0 aromatic heterocycles. The van der Waals surface area contributed by atoms with Gasteiger partial charge in [-0.25, -0.2) is 5.43 Å². The lowest BCUT2D eigenvalue weighted by Gasteiger charge is -2.32. The van der Waals surface area contributed by atoms with Gasteiger partial charge in [-0.05, 0) is 52.3 Å². The van der Waals surface area contributed by atoms with Gasteiger partial charge >= 0.3 is 0 Å². The first kappa shape index (κ1) is 22.5. The molecule has 0 unspecified atom stereocenters. The number of hydrazone groups is 1. The largest absolute Gasteiger partial charge is 0.493 e. The Morgan fingerprint density at radius 2 is 1.97 bits per heavy atom. The minimum atomic E-state index is -0.435. The van der Waals surface area contributed by atoms with Crippen molar-refractivity contribution < 1.29 is 19.1 Å². The van der Waals surface area contributed by atoms with Crippen LogP contribution in [-0.2, 0) is 22.4 Å².